The average molecular weight is 278 g/mol. The van der Waals surface area contributed by atoms with E-state index in [1.54, 1.807) is 0 Å². The molecule has 0 spiro atoms. The summed E-state index contributed by atoms with van der Waals surface area (Å²) >= 11 is 0. The fraction of sp³-hybridized carbons (Fsp3) is 0.714. The number of aliphatic hydroxyl groups is 1. The lowest BCUT2D eigenvalue weighted by molar-refractivity contribution is 0.0455. The number of nitrogens with zero attached hydrogens (tertiary/aromatic N) is 2. The smallest absolute Gasteiger partial charge is 0.252 e. The summed E-state index contributed by atoms with van der Waals surface area (Å²) in [6.45, 7) is 2.41. The molecule has 1 aromatic heterocycles. The van der Waals surface area contributed by atoms with Gasteiger partial charge in [0, 0.05) is 31.7 Å². The van der Waals surface area contributed by atoms with E-state index in [-0.39, 0.29) is 5.56 Å². The van der Waals surface area contributed by atoms with Crippen LogP contribution in [0.15, 0.2) is 17.2 Å². The average Bonchev–Trinajstić information content (AvgIpc) is 3.06. The maximum Gasteiger partial charge on any atom is 0.252 e. The summed E-state index contributed by atoms with van der Waals surface area (Å²) in [7, 11) is 0. The van der Waals surface area contributed by atoms with Crippen LogP contribution in [0, 0.1) is 0 Å². The first-order valence-electron chi connectivity index (χ1n) is 7.40. The van der Waals surface area contributed by atoms with Crippen LogP contribution in [0.2, 0.25) is 0 Å². The summed E-state index contributed by atoms with van der Waals surface area (Å²) < 4.78 is 0. The molecule has 110 valence electrons. The predicted octanol–water partition coefficient (Wildman–Crippen LogP) is 0.243. The number of rotatable bonds is 4. The fourth-order valence-electron chi connectivity index (χ4n) is 3.21. The van der Waals surface area contributed by atoms with Crippen LogP contribution in [-0.2, 0) is 0 Å². The van der Waals surface area contributed by atoms with E-state index >= 15 is 0 Å². The molecular formula is C14H22N4O2. The van der Waals surface area contributed by atoms with E-state index in [1.165, 1.54) is 12.4 Å². The molecular weight excluding hydrogens is 256 g/mol. The van der Waals surface area contributed by atoms with Gasteiger partial charge in [-0.1, -0.05) is 12.8 Å². The Morgan fingerprint density at radius 1 is 1.50 bits per heavy atom. The molecule has 0 amide bonds. The van der Waals surface area contributed by atoms with Crippen molar-refractivity contribution in [1.29, 1.82) is 0 Å². The first kappa shape index (κ1) is 13.6. The molecule has 1 aliphatic heterocycles. The molecule has 1 unspecified atom stereocenters. The molecule has 1 saturated heterocycles. The highest BCUT2D eigenvalue weighted by Crippen LogP contribution is 2.29. The van der Waals surface area contributed by atoms with Gasteiger partial charge < -0.3 is 20.3 Å². The summed E-state index contributed by atoms with van der Waals surface area (Å²) in [5.41, 5.74) is -0.623. The highest BCUT2D eigenvalue weighted by molar-refractivity contribution is 5.38. The fourth-order valence-corrected chi connectivity index (χ4v) is 3.21. The van der Waals surface area contributed by atoms with Crippen LogP contribution >= 0.6 is 0 Å². The van der Waals surface area contributed by atoms with E-state index in [2.05, 4.69) is 20.2 Å². The third kappa shape index (κ3) is 3.02. The first-order chi connectivity index (χ1) is 9.65. The van der Waals surface area contributed by atoms with Crippen molar-refractivity contribution < 1.29 is 5.11 Å². The van der Waals surface area contributed by atoms with Crippen LogP contribution in [0.4, 0.5) is 5.82 Å². The number of aromatic amines is 1. The molecule has 2 heterocycles. The van der Waals surface area contributed by atoms with E-state index < -0.39 is 5.60 Å². The maximum atomic E-state index is 11.3. The molecule has 3 rings (SSSR count). The second-order valence-electron chi connectivity index (χ2n) is 6.01. The third-order valence-corrected chi connectivity index (χ3v) is 4.43. The predicted molar refractivity (Wildman–Crippen MR) is 76.9 cm³/mol. The molecule has 2 aliphatic rings. The highest BCUT2D eigenvalue weighted by atomic mass is 16.3. The Balaban J connectivity index is 1.53. The molecule has 1 atom stereocenters. The second kappa shape index (κ2) is 5.54. The van der Waals surface area contributed by atoms with Crippen molar-refractivity contribution in [3.8, 4) is 0 Å². The zero-order valence-electron chi connectivity index (χ0n) is 11.6. The van der Waals surface area contributed by atoms with Crippen LogP contribution < -0.4 is 15.8 Å². The van der Waals surface area contributed by atoms with Gasteiger partial charge >= 0.3 is 0 Å². The van der Waals surface area contributed by atoms with Crippen LogP contribution in [-0.4, -0.2) is 46.4 Å². The van der Waals surface area contributed by atoms with Crippen molar-refractivity contribution in [2.75, 3.05) is 24.5 Å². The van der Waals surface area contributed by atoms with Gasteiger partial charge in [-0.2, -0.15) is 0 Å². The Kier molecular flexibility index (Phi) is 3.76. The lowest BCUT2D eigenvalue weighted by Gasteiger charge is -2.25. The molecule has 0 radical (unpaired) electrons. The maximum absolute atomic E-state index is 11.3. The van der Waals surface area contributed by atoms with Gasteiger partial charge in [-0.05, 0) is 19.3 Å². The van der Waals surface area contributed by atoms with Gasteiger partial charge in [0.2, 0.25) is 0 Å². The van der Waals surface area contributed by atoms with E-state index in [1.807, 2.05) is 0 Å². The molecule has 6 nitrogen and oxygen atoms in total. The van der Waals surface area contributed by atoms with E-state index in [4.69, 9.17) is 0 Å². The van der Waals surface area contributed by atoms with E-state index in [9.17, 15) is 9.90 Å². The SMILES string of the molecule is O=c1cc(N2CCC(NCC3(O)CCCC3)C2)nc[nH]1. The van der Waals surface area contributed by atoms with Crippen LogP contribution in [0.3, 0.4) is 0 Å². The van der Waals surface area contributed by atoms with Crippen LogP contribution in [0.1, 0.15) is 32.1 Å². The second-order valence-corrected chi connectivity index (χ2v) is 6.01. The van der Waals surface area contributed by atoms with Crippen molar-refractivity contribution in [3.05, 3.63) is 22.7 Å². The zero-order valence-corrected chi connectivity index (χ0v) is 11.6. The van der Waals surface area contributed by atoms with Crippen molar-refractivity contribution in [3.63, 3.8) is 0 Å². The van der Waals surface area contributed by atoms with Gasteiger partial charge in [-0.15, -0.1) is 0 Å². The largest absolute Gasteiger partial charge is 0.389 e. The van der Waals surface area contributed by atoms with Gasteiger partial charge in [-0.25, -0.2) is 4.98 Å². The Labute approximate surface area is 118 Å². The van der Waals surface area contributed by atoms with Gasteiger partial charge in [0.25, 0.3) is 5.56 Å². The number of H-pyrrole nitrogens is 1. The number of aromatic nitrogens is 2. The van der Waals surface area contributed by atoms with Crippen molar-refractivity contribution in [2.24, 2.45) is 0 Å². The van der Waals surface area contributed by atoms with Crippen molar-refractivity contribution in [1.82, 2.24) is 15.3 Å². The summed E-state index contributed by atoms with van der Waals surface area (Å²) in [6.07, 6.45) is 6.54. The van der Waals surface area contributed by atoms with Crippen LogP contribution in [0.5, 0.6) is 0 Å². The molecule has 1 saturated carbocycles. The topological polar surface area (TPSA) is 81.2 Å². The normalized spacial score (nSPS) is 25.2. The summed E-state index contributed by atoms with van der Waals surface area (Å²) in [6, 6.07) is 1.90. The summed E-state index contributed by atoms with van der Waals surface area (Å²) in [5.74, 6) is 0.734. The molecule has 1 aromatic rings. The highest BCUT2D eigenvalue weighted by Gasteiger charge is 2.32. The number of nitrogens with one attached hydrogen (secondary N) is 2. The molecule has 0 bridgehead atoms. The minimum Gasteiger partial charge on any atom is -0.389 e. The van der Waals surface area contributed by atoms with Gasteiger partial charge in [-0.3, -0.25) is 4.79 Å². The molecule has 3 N–H and O–H groups in total. The standard InChI is InChI=1S/C14H22N4O2/c19-13-7-12(16-10-17-13)18-6-3-11(8-18)15-9-14(20)4-1-2-5-14/h7,10-11,15,20H,1-6,8-9H2,(H,16,17,19). The Morgan fingerprint density at radius 2 is 2.30 bits per heavy atom. The Morgan fingerprint density at radius 3 is 3.05 bits per heavy atom. The number of hydrogen-bond donors (Lipinski definition) is 3. The summed E-state index contributed by atoms with van der Waals surface area (Å²) in [4.78, 5) is 20.1. The van der Waals surface area contributed by atoms with E-state index in [0.717, 1.165) is 51.0 Å². The first-order valence-corrected chi connectivity index (χ1v) is 7.40. The minimum atomic E-state index is -0.504. The number of hydrogen-bond acceptors (Lipinski definition) is 5. The van der Waals surface area contributed by atoms with Crippen molar-refractivity contribution >= 4 is 5.82 Å². The molecule has 6 heteroatoms. The lowest BCUT2D eigenvalue weighted by atomic mass is 10.0. The van der Waals surface area contributed by atoms with E-state index in [0.29, 0.717) is 12.6 Å². The number of anilines is 1. The third-order valence-electron chi connectivity index (χ3n) is 4.43. The summed E-state index contributed by atoms with van der Waals surface area (Å²) in [5, 5.41) is 13.8. The molecule has 20 heavy (non-hydrogen) atoms. The Bertz CT molecular complexity index is 510. The zero-order chi connectivity index (χ0) is 14.0. The monoisotopic (exact) mass is 278 g/mol. The minimum absolute atomic E-state index is 0.119. The molecule has 2 fully saturated rings. The quantitative estimate of drug-likeness (QED) is 0.735. The van der Waals surface area contributed by atoms with Gasteiger partial charge in [0.1, 0.15) is 5.82 Å². The van der Waals surface area contributed by atoms with Gasteiger partial charge in [0.05, 0.1) is 11.9 Å². The van der Waals surface area contributed by atoms with Gasteiger partial charge in [0.15, 0.2) is 0 Å². The molecule has 1 aliphatic carbocycles. The Hall–Kier alpha value is -1.40. The molecule has 0 aromatic carbocycles. The van der Waals surface area contributed by atoms with Crippen molar-refractivity contribution in [2.45, 2.75) is 43.7 Å². The lowest BCUT2D eigenvalue weighted by Crippen LogP contribution is -2.43. The van der Waals surface area contributed by atoms with Crippen LogP contribution in [0.25, 0.3) is 0 Å².